The van der Waals surface area contributed by atoms with Gasteiger partial charge in [0, 0.05) is 11.5 Å². The van der Waals surface area contributed by atoms with Crippen molar-refractivity contribution in [1.29, 1.82) is 0 Å². The highest BCUT2D eigenvalue weighted by Crippen LogP contribution is 2.33. The third kappa shape index (κ3) is 2.87. The van der Waals surface area contributed by atoms with E-state index in [4.69, 9.17) is 5.11 Å². The van der Waals surface area contributed by atoms with Gasteiger partial charge in [-0.1, -0.05) is 0 Å². The highest BCUT2D eigenvalue weighted by Gasteiger charge is 2.24. The van der Waals surface area contributed by atoms with Gasteiger partial charge in [-0.05, 0) is 41.1 Å². The molecule has 0 aliphatic rings. The second-order valence-corrected chi connectivity index (χ2v) is 5.14. The van der Waals surface area contributed by atoms with Crippen LogP contribution >= 0.6 is 15.9 Å². The number of carboxylic acid groups (broad SMARTS) is 1. The smallest absolute Gasteiger partial charge is 0.335 e. The molecule has 0 unspecified atom stereocenters. The summed E-state index contributed by atoms with van der Waals surface area (Å²) >= 11 is 3.24. The molecule has 8 nitrogen and oxygen atoms in total. The number of aryl methyl sites for hydroxylation is 2. The molecule has 1 aromatic heterocycles. The Morgan fingerprint density at radius 1 is 1.52 bits per heavy atom. The summed E-state index contributed by atoms with van der Waals surface area (Å²) in [5.41, 5.74) is 0.796. The molecule has 0 fully saturated rings. The number of carboxylic acids is 1. The van der Waals surface area contributed by atoms with Crippen molar-refractivity contribution in [1.82, 2.24) is 9.78 Å². The molecule has 0 aliphatic heterocycles. The predicted molar refractivity (Wildman–Crippen MR) is 79.0 cm³/mol. The molecule has 0 aliphatic carbocycles. The van der Waals surface area contributed by atoms with Crippen molar-refractivity contribution in [3.05, 3.63) is 44.0 Å². The minimum Gasteiger partial charge on any atom is -0.478 e. The number of rotatable bonds is 4. The first-order valence-electron chi connectivity index (χ1n) is 5.79. The van der Waals surface area contributed by atoms with Crippen LogP contribution in [0.15, 0.2) is 22.7 Å². The van der Waals surface area contributed by atoms with E-state index in [0.717, 1.165) is 0 Å². The number of nitrogens with one attached hydrogen (secondary N) is 1. The molecule has 0 saturated heterocycles. The molecule has 0 bridgehead atoms. The van der Waals surface area contributed by atoms with E-state index in [0.29, 0.717) is 15.9 Å². The molecule has 1 heterocycles. The third-order valence-electron chi connectivity index (χ3n) is 2.84. The van der Waals surface area contributed by atoms with Crippen LogP contribution in [0.4, 0.5) is 17.2 Å². The van der Waals surface area contributed by atoms with Gasteiger partial charge in [0.05, 0.1) is 16.2 Å². The summed E-state index contributed by atoms with van der Waals surface area (Å²) in [5, 5.41) is 26.9. The highest BCUT2D eigenvalue weighted by atomic mass is 79.9. The lowest BCUT2D eigenvalue weighted by atomic mass is 10.2. The summed E-state index contributed by atoms with van der Waals surface area (Å²) in [7, 11) is 1.59. The Kier molecular flexibility index (Phi) is 3.94. The lowest BCUT2D eigenvalue weighted by Crippen LogP contribution is -2.03. The van der Waals surface area contributed by atoms with Gasteiger partial charge in [0.1, 0.15) is 5.69 Å². The van der Waals surface area contributed by atoms with Crippen LogP contribution in [0.5, 0.6) is 0 Å². The molecule has 1 aromatic carbocycles. The molecule has 2 aromatic rings. The number of nitro groups is 1. The second kappa shape index (κ2) is 5.52. The first-order chi connectivity index (χ1) is 9.81. The Bertz CT molecular complexity index is 741. The first-order valence-corrected chi connectivity index (χ1v) is 6.58. The molecule has 9 heteroatoms. The van der Waals surface area contributed by atoms with E-state index in [2.05, 4.69) is 26.3 Å². The quantitative estimate of drug-likeness (QED) is 0.645. The van der Waals surface area contributed by atoms with Gasteiger partial charge in [-0.15, -0.1) is 0 Å². The standard InChI is InChI=1S/C12H11BrN4O4/c1-6-10(17(20)21)11(16(2)15-6)14-9-4-3-7(12(18)19)5-8(9)13/h3-5,14H,1-2H3,(H,18,19). The van der Waals surface area contributed by atoms with Gasteiger partial charge in [-0.2, -0.15) is 5.10 Å². The van der Waals surface area contributed by atoms with Gasteiger partial charge in [0.15, 0.2) is 0 Å². The van der Waals surface area contributed by atoms with E-state index in [1.165, 1.54) is 22.9 Å². The Labute approximate surface area is 127 Å². The number of aromatic carboxylic acids is 1. The molecule has 110 valence electrons. The summed E-state index contributed by atoms with van der Waals surface area (Å²) < 4.78 is 1.85. The van der Waals surface area contributed by atoms with Crippen LogP contribution in [0, 0.1) is 17.0 Å². The summed E-state index contributed by atoms with van der Waals surface area (Å²) in [5.74, 6) is -0.828. The van der Waals surface area contributed by atoms with Gasteiger partial charge in [0.2, 0.25) is 5.82 Å². The number of hydrogen-bond acceptors (Lipinski definition) is 5. The van der Waals surface area contributed by atoms with Crippen molar-refractivity contribution in [3.8, 4) is 0 Å². The number of halogens is 1. The van der Waals surface area contributed by atoms with E-state index in [-0.39, 0.29) is 17.1 Å². The van der Waals surface area contributed by atoms with E-state index in [9.17, 15) is 14.9 Å². The summed E-state index contributed by atoms with van der Waals surface area (Å²) in [6.07, 6.45) is 0. The Morgan fingerprint density at radius 3 is 2.71 bits per heavy atom. The van der Waals surface area contributed by atoms with Crippen LogP contribution < -0.4 is 5.32 Å². The summed E-state index contributed by atoms with van der Waals surface area (Å²) in [6.45, 7) is 1.55. The lowest BCUT2D eigenvalue weighted by Gasteiger charge is -2.09. The maximum atomic E-state index is 11.1. The molecule has 21 heavy (non-hydrogen) atoms. The van der Waals surface area contributed by atoms with E-state index in [1.807, 2.05) is 0 Å². The zero-order chi connectivity index (χ0) is 15.7. The van der Waals surface area contributed by atoms with Gasteiger partial charge < -0.3 is 10.4 Å². The van der Waals surface area contributed by atoms with Crippen molar-refractivity contribution in [3.63, 3.8) is 0 Å². The average molecular weight is 355 g/mol. The minimum absolute atomic E-state index is 0.114. The topological polar surface area (TPSA) is 110 Å². The zero-order valence-electron chi connectivity index (χ0n) is 11.1. The molecule has 2 N–H and O–H groups in total. The SMILES string of the molecule is Cc1nn(C)c(Nc2ccc(C(=O)O)cc2Br)c1[N+](=O)[O-]. The summed E-state index contributed by atoms with van der Waals surface area (Å²) in [6, 6.07) is 4.35. The van der Waals surface area contributed by atoms with Crippen LogP contribution in [-0.4, -0.2) is 25.8 Å². The van der Waals surface area contributed by atoms with E-state index < -0.39 is 10.9 Å². The number of carbonyl (C=O) groups is 1. The lowest BCUT2D eigenvalue weighted by molar-refractivity contribution is -0.384. The fourth-order valence-electron chi connectivity index (χ4n) is 1.88. The van der Waals surface area contributed by atoms with Crippen LogP contribution in [-0.2, 0) is 7.05 Å². The largest absolute Gasteiger partial charge is 0.478 e. The van der Waals surface area contributed by atoms with Crippen molar-refractivity contribution in [2.24, 2.45) is 7.05 Å². The summed E-state index contributed by atoms with van der Waals surface area (Å²) in [4.78, 5) is 21.5. The molecule has 0 amide bonds. The molecule has 0 radical (unpaired) electrons. The maximum absolute atomic E-state index is 11.1. The van der Waals surface area contributed by atoms with Crippen LogP contribution in [0.3, 0.4) is 0 Å². The molecular formula is C12H11BrN4O4. The third-order valence-corrected chi connectivity index (χ3v) is 3.50. The van der Waals surface area contributed by atoms with Gasteiger partial charge >= 0.3 is 11.7 Å². The number of anilines is 2. The fourth-order valence-corrected chi connectivity index (χ4v) is 2.36. The second-order valence-electron chi connectivity index (χ2n) is 4.29. The van der Waals surface area contributed by atoms with Crippen molar-refractivity contribution < 1.29 is 14.8 Å². The molecule has 2 rings (SSSR count). The molecule has 0 atom stereocenters. The van der Waals surface area contributed by atoms with Crippen molar-refractivity contribution in [2.45, 2.75) is 6.92 Å². The predicted octanol–water partition coefficient (Wildman–Crippen LogP) is 2.84. The van der Waals surface area contributed by atoms with Crippen LogP contribution in [0.1, 0.15) is 16.1 Å². The fraction of sp³-hybridized carbons (Fsp3) is 0.167. The van der Waals surface area contributed by atoms with Gasteiger partial charge in [-0.25, -0.2) is 9.48 Å². The van der Waals surface area contributed by atoms with Gasteiger partial charge in [-0.3, -0.25) is 10.1 Å². The molecule has 0 spiro atoms. The molecule has 0 saturated carbocycles. The minimum atomic E-state index is -1.05. The number of nitrogens with zero attached hydrogens (tertiary/aromatic N) is 3. The highest BCUT2D eigenvalue weighted by molar-refractivity contribution is 9.10. The number of hydrogen-bond donors (Lipinski definition) is 2. The Morgan fingerprint density at radius 2 is 2.19 bits per heavy atom. The first kappa shape index (κ1) is 15.0. The zero-order valence-corrected chi connectivity index (χ0v) is 12.7. The Balaban J connectivity index is 2.44. The normalized spacial score (nSPS) is 10.4. The van der Waals surface area contributed by atoms with Crippen molar-refractivity contribution in [2.75, 3.05) is 5.32 Å². The number of aromatic nitrogens is 2. The average Bonchev–Trinajstić information content (AvgIpc) is 2.66. The van der Waals surface area contributed by atoms with Crippen LogP contribution in [0.2, 0.25) is 0 Å². The van der Waals surface area contributed by atoms with E-state index in [1.54, 1.807) is 14.0 Å². The maximum Gasteiger partial charge on any atom is 0.335 e. The monoisotopic (exact) mass is 354 g/mol. The van der Waals surface area contributed by atoms with Crippen LogP contribution in [0.25, 0.3) is 0 Å². The molecular weight excluding hydrogens is 344 g/mol. The number of benzene rings is 1. The Hall–Kier alpha value is -2.42. The van der Waals surface area contributed by atoms with Crippen molar-refractivity contribution >= 4 is 39.1 Å². The van der Waals surface area contributed by atoms with Gasteiger partial charge in [0.25, 0.3) is 0 Å². The van der Waals surface area contributed by atoms with E-state index >= 15 is 0 Å².